The minimum Gasteiger partial charge on any atom is -0.349 e. The van der Waals surface area contributed by atoms with Crippen LogP contribution >= 0.6 is 0 Å². The average molecular weight is 220 g/mol. The lowest BCUT2D eigenvalue weighted by molar-refractivity contribution is 0.0945. The number of hydrogen-bond acceptors (Lipinski definition) is 4. The topological polar surface area (TPSA) is 80.9 Å². The third-order valence-electron chi connectivity index (χ3n) is 2.74. The molecule has 1 amide bonds. The molecule has 0 aromatic carbocycles. The molecule has 0 saturated heterocycles. The summed E-state index contributed by atoms with van der Waals surface area (Å²) in [6.45, 7) is 2.34. The number of nitrogens with one attached hydrogen (secondary N) is 1. The lowest BCUT2D eigenvalue weighted by Gasteiger charge is -2.10. The molecule has 86 valence electrons. The monoisotopic (exact) mass is 220 g/mol. The number of rotatable bonds is 4. The van der Waals surface area contributed by atoms with E-state index in [1.807, 2.05) is 6.92 Å². The smallest absolute Gasteiger partial charge is 0.271 e. The van der Waals surface area contributed by atoms with Crippen LogP contribution < -0.4 is 11.1 Å². The number of aryl methyl sites for hydroxylation is 1. The highest BCUT2D eigenvalue weighted by Crippen LogP contribution is 2.31. The number of aromatic nitrogens is 2. The molecule has 1 aliphatic carbocycles. The zero-order valence-corrected chi connectivity index (χ0v) is 9.31. The van der Waals surface area contributed by atoms with Gasteiger partial charge in [-0.15, -0.1) is 0 Å². The van der Waals surface area contributed by atoms with E-state index in [0.717, 1.165) is 5.69 Å². The van der Waals surface area contributed by atoms with E-state index < -0.39 is 0 Å². The molecule has 1 unspecified atom stereocenters. The fourth-order valence-electron chi connectivity index (χ4n) is 1.50. The number of carbonyl (C=O) groups excluding carboxylic acids is 1. The molecule has 1 heterocycles. The van der Waals surface area contributed by atoms with E-state index in [-0.39, 0.29) is 11.9 Å². The lowest BCUT2D eigenvalue weighted by atomic mass is 10.2. The van der Waals surface area contributed by atoms with Gasteiger partial charge in [0.25, 0.3) is 5.91 Å². The largest absolute Gasteiger partial charge is 0.349 e. The minimum absolute atomic E-state index is 0.0716. The SMILES string of the molecule is Cc1cnc(C(=O)NCC(N)C2CC2)cn1. The summed E-state index contributed by atoms with van der Waals surface area (Å²) >= 11 is 0. The first-order valence-corrected chi connectivity index (χ1v) is 5.49. The van der Waals surface area contributed by atoms with E-state index in [9.17, 15) is 4.79 Å². The summed E-state index contributed by atoms with van der Waals surface area (Å²) in [7, 11) is 0. The third kappa shape index (κ3) is 2.76. The fourth-order valence-corrected chi connectivity index (χ4v) is 1.50. The Morgan fingerprint density at radius 1 is 1.56 bits per heavy atom. The van der Waals surface area contributed by atoms with E-state index in [1.165, 1.54) is 19.0 Å². The Balaban J connectivity index is 1.85. The van der Waals surface area contributed by atoms with Crippen LogP contribution in [0.1, 0.15) is 29.0 Å². The summed E-state index contributed by atoms with van der Waals surface area (Å²) in [4.78, 5) is 19.7. The van der Waals surface area contributed by atoms with Gasteiger partial charge in [-0.05, 0) is 25.7 Å². The van der Waals surface area contributed by atoms with Crippen LogP contribution in [-0.4, -0.2) is 28.5 Å². The van der Waals surface area contributed by atoms with Crippen LogP contribution in [0, 0.1) is 12.8 Å². The molecule has 1 aliphatic rings. The van der Waals surface area contributed by atoms with Gasteiger partial charge in [0, 0.05) is 18.8 Å². The normalized spacial score (nSPS) is 16.9. The second-order valence-corrected chi connectivity index (χ2v) is 4.25. The minimum atomic E-state index is -0.205. The van der Waals surface area contributed by atoms with E-state index in [1.54, 1.807) is 6.20 Å². The first kappa shape index (κ1) is 11.0. The van der Waals surface area contributed by atoms with Crippen molar-refractivity contribution in [1.82, 2.24) is 15.3 Å². The number of carbonyl (C=O) groups is 1. The second-order valence-electron chi connectivity index (χ2n) is 4.25. The molecule has 0 spiro atoms. The molecule has 1 atom stereocenters. The molecule has 1 saturated carbocycles. The number of hydrogen-bond donors (Lipinski definition) is 2. The van der Waals surface area contributed by atoms with Gasteiger partial charge in [0.1, 0.15) is 5.69 Å². The maximum Gasteiger partial charge on any atom is 0.271 e. The van der Waals surface area contributed by atoms with Gasteiger partial charge in [0.05, 0.1) is 11.9 Å². The zero-order chi connectivity index (χ0) is 11.5. The Bertz CT molecular complexity index is 372. The highest BCUT2D eigenvalue weighted by molar-refractivity contribution is 5.91. The Morgan fingerprint density at radius 3 is 2.88 bits per heavy atom. The van der Waals surface area contributed by atoms with Crippen molar-refractivity contribution >= 4 is 5.91 Å². The van der Waals surface area contributed by atoms with Gasteiger partial charge in [-0.25, -0.2) is 4.98 Å². The van der Waals surface area contributed by atoms with Gasteiger partial charge in [-0.3, -0.25) is 9.78 Å². The summed E-state index contributed by atoms with van der Waals surface area (Å²) in [6, 6.07) is 0.0716. The van der Waals surface area contributed by atoms with Crippen LogP contribution in [0.4, 0.5) is 0 Å². The lowest BCUT2D eigenvalue weighted by Crippen LogP contribution is -2.38. The van der Waals surface area contributed by atoms with Crippen molar-refractivity contribution in [2.75, 3.05) is 6.54 Å². The molecule has 2 rings (SSSR count). The van der Waals surface area contributed by atoms with Gasteiger partial charge < -0.3 is 11.1 Å². The number of nitrogens with two attached hydrogens (primary N) is 1. The van der Waals surface area contributed by atoms with Gasteiger partial charge in [0.15, 0.2) is 0 Å². The van der Waals surface area contributed by atoms with Gasteiger partial charge in [-0.1, -0.05) is 0 Å². The molecule has 5 heteroatoms. The second kappa shape index (κ2) is 4.57. The predicted molar refractivity (Wildman–Crippen MR) is 59.8 cm³/mol. The summed E-state index contributed by atoms with van der Waals surface area (Å²) in [5, 5.41) is 2.77. The maximum atomic E-state index is 11.6. The molecule has 0 aliphatic heterocycles. The van der Waals surface area contributed by atoms with Crippen molar-refractivity contribution in [2.45, 2.75) is 25.8 Å². The van der Waals surface area contributed by atoms with Crippen molar-refractivity contribution in [3.63, 3.8) is 0 Å². The van der Waals surface area contributed by atoms with Crippen LogP contribution in [0.15, 0.2) is 12.4 Å². The third-order valence-corrected chi connectivity index (χ3v) is 2.74. The molecule has 1 fully saturated rings. The van der Waals surface area contributed by atoms with Gasteiger partial charge in [0.2, 0.25) is 0 Å². The number of amides is 1. The Morgan fingerprint density at radius 2 is 2.31 bits per heavy atom. The van der Waals surface area contributed by atoms with E-state index in [4.69, 9.17) is 5.73 Å². The summed E-state index contributed by atoms with van der Waals surface area (Å²) in [5.41, 5.74) is 7.02. The molecule has 5 nitrogen and oxygen atoms in total. The summed E-state index contributed by atoms with van der Waals surface area (Å²) < 4.78 is 0. The molecular formula is C11H16N4O. The maximum absolute atomic E-state index is 11.6. The highest BCUT2D eigenvalue weighted by atomic mass is 16.1. The van der Waals surface area contributed by atoms with Crippen molar-refractivity contribution in [3.05, 3.63) is 23.8 Å². The van der Waals surface area contributed by atoms with Crippen LogP contribution in [0.5, 0.6) is 0 Å². The summed E-state index contributed by atoms with van der Waals surface area (Å²) in [5.74, 6) is 0.382. The van der Waals surface area contributed by atoms with Crippen molar-refractivity contribution in [3.8, 4) is 0 Å². The van der Waals surface area contributed by atoms with Crippen molar-refractivity contribution in [2.24, 2.45) is 11.7 Å². The quantitative estimate of drug-likeness (QED) is 0.762. The molecular weight excluding hydrogens is 204 g/mol. The Hall–Kier alpha value is -1.49. The Kier molecular flexibility index (Phi) is 3.14. The molecule has 3 N–H and O–H groups in total. The zero-order valence-electron chi connectivity index (χ0n) is 9.31. The average Bonchev–Trinajstić information content (AvgIpc) is 3.10. The van der Waals surface area contributed by atoms with E-state index in [0.29, 0.717) is 18.2 Å². The first-order valence-electron chi connectivity index (χ1n) is 5.49. The molecule has 1 aromatic rings. The Labute approximate surface area is 94.5 Å². The van der Waals surface area contributed by atoms with Crippen LogP contribution in [0.2, 0.25) is 0 Å². The molecule has 1 aromatic heterocycles. The van der Waals surface area contributed by atoms with Gasteiger partial charge >= 0.3 is 0 Å². The standard InChI is InChI=1S/C11H16N4O/c1-7-4-14-10(6-13-7)11(16)15-5-9(12)8-2-3-8/h4,6,8-9H,2-3,5,12H2,1H3,(H,15,16). The van der Waals surface area contributed by atoms with Crippen LogP contribution in [-0.2, 0) is 0 Å². The molecule has 0 bridgehead atoms. The molecule has 0 radical (unpaired) electrons. The predicted octanol–water partition coefficient (Wildman–Crippen LogP) is 0.252. The highest BCUT2D eigenvalue weighted by Gasteiger charge is 2.28. The van der Waals surface area contributed by atoms with Gasteiger partial charge in [-0.2, -0.15) is 0 Å². The van der Waals surface area contributed by atoms with Crippen molar-refractivity contribution < 1.29 is 4.79 Å². The first-order chi connectivity index (χ1) is 7.66. The fraction of sp³-hybridized carbons (Fsp3) is 0.545. The van der Waals surface area contributed by atoms with E-state index >= 15 is 0 Å². The van der Waals surface area contributed by atoms with Crippen LogP contribution in [0.3, 0.4) is 0 Å². The van der Waals surface area contributed by atoms with Crippen LogP contribution in [0.25, 0.3) is 0 Å². The number of nitrogens with zero attached hydrogens (tertiary/aromatic N) is 2. The summed E-state index contributed by atoms with van der Waals surface area (Å²) in [6.07, 6.45) is 5.42. The van der Waals surface area contributed by atoms with Crippen molar-refractivity contribution in [1.29, 1.82) is 0 Å². The molecule has 16 heavy (non-hydrogen) atoms. The van der Waals surface area contributed by atoms with E-state index in [2.05, 4.69) is 15.3 Å².